The lowest BCUT2D eigenvalue weighted by Gasteiger charge is -2.77. The van der Waals surface area contributed by atoms with E-state index in [1.165, 1.54) is 11.1 Å². The topological polar surface area (TPSA) is 27.7 Å². The van der Waals surface area contributed by atoms with Gasteiger partial charge in [0, 0.05) is 10.7 Å². The summed E-state index contributed by atoms with van der Waals surface area (Å²) in [5, 5.41) is 0.0511. The first-order valence-electron chi connectivity index (χ1n) is 10.3. The van der Waals surface area contributed by atoms with Crippen molar-refractivity contribution < 1.29 is 14.0 Å². The van der Waals surface area contributed by atoms with Crippen LogP contribution in [0.15, 0.2) is 54.6 Å². The quantitative estimate of drug-likeness (QED) is 0.673. The molecule has 3 aliphatic carbocycles. The number of hydrogen-bond donors (Lipinski definition) is 0. The predicted octanol–water partition coefficient (Wildman–Crippen LogP) is 5.36. The van der Waals surface area contributed by atoms with E-state index in [1.54, 1.807) is 7.11 Å². The lowest BCUT2D eigenvalue weighted by molar-refractivity contribution is -0.0744. The van der Waals surface area contributed by atoms with Crippen molar-refractivity contribution in [2.24, 2.45) is 0 Å². The van der Waals surface area contributed by atoms with Gasteiger partial charge in [-0.25, -0.2) is 0 Å². The van der Waals surface area contributed by atoms with E-state index < -0.39 is 0 Å². The molecule has 1 heterocycles. The third-order valence-corrected chi connectivity index (χ3v) is 7.94. The van der Waals surface area contributed by atoms with Gasteiger partial charge in [0.05, 0.1) is 18.3 Å². The standard InChI is InChI=1S/C24H29BO3/c1-21(2)22(3,4)28-25(27-21)24-15-23(16-24,18-9-7-6-8-10-18)20(24)17-11-13-19(26-5)14-12-17/h6-14,20H,15-16H2,1-5H3/t20-,23?,24?/m0/s1. The Morgan fingerprint density at radius 1 is 0.857 bits per heavy atom. The predicted molar refractivity (Wildman–Crippen MR) is 112 cm³/mol. The van der Waals surface area contributed by atoms with Crippen LogP contribution in [0.5, 0.6) is 5.75 Å². The maximum absolute atomic E-state index is 6.54. The van der Waals surface area contributed by atoms with E-state index in [-0.39, 0.29) is 29.0 Å². The Labute approximate surface area is 168 Å². The van der Waals surface area contributed by atoms with E-state index in [9.17, 15) is 0 Å². The Hall–Kier alpha value is -1.78. The zero-order valence-corrected chi connectivity index (χ0v) is 17.5. The van der Waals surface area contributed by atoms with Crippen LogP contribution < -0.4 is 4.74 Å². The van der Waals surface area contributed by atoms with Crippen molar-refractivity contribution >= 4 is 7.12 Å². The molecule has 2 bridgehead atoms. The molecule has 28 heavy (non-hydrogen) atoms. The van der Waals surface area contributed by atoms with Crippen molar-refractivity contribution in [2.45, 2.75) is 68.4 Å². The Kier molecular flexibility index (Phi) is 3.68. The Balaban J connectivity index is 1.53. The third-order valence-electron chi connectivity index (χ3n) is 7.94. The summed E-state index contributed by atoms with van der Waals surface area (Å²) in [6.07, 6.45) is 2.25. The molecule has 3 saturated carbocycles. The average molecular weight is 376 g/mol. The van der Waals surface area contributed by atoms with Crippen LogP contribution in [-0.4, -0.2) is 25.4 Å². The van der Waals surface area contributed by atoms with Crippen LogP contribution in [0.2, 0.25) is 5.31 Å². The van der Waals surface area contributed by atoms with Crippen LogP contribution in [0.25, 0.3) is 0 Å². The van der Waals surface area contributed by atoms with Gasteiger partial charge in [-0.05, 0) is 69.7 Å². The fourth-order valence-corrected chi connectivity index (χ4v) is 5.79. The van der Waals surface area contributed by atoms with Gasteiger partial charge in [-0.1, -0.05) is 42.5 Å². The monoisotopic (exact) mass is 376 g/mol. The maximum Gasteiger partial charge on any atom is 0.465 e. The molecule has 0 amide bonds. The zero-order chi connectivity index (χ0) is 19.8. The highest BCUT2D eigenvalue weighted by atomic mass is 16.7. The summed E-state index contributed by atoms with van der Waals surface area (Å²) < 4.78 is 18.5. The summed E-state index contributed by atoms with van der Waals surface area (Å²) in [7, 11) is 1.56. The Morgan fingerprint density at radius 2 is 1.43 bits per heavy atom. The molecule has 4 aliphatic rings. The van der Waals surface area contributed by atoms with E-state index in [2.05, 4.69) is 82.3 Å². The molecule has 0 aromatic heterocycles. The second kappa shape index (κ2) is 5.64. The van der Waals surface area contributed by atoms with E-state index in [1.807, 2.05) is 0 Å². The summed E-state index contributed by atoms with van der Waals surface area (Å²) in [6, 6.07) is 19.6. The first kappa shape index (κ1) is 18.3. The number of hydrogen-bond acceptors (Lipinski definition) is 3. The molecule has 0 spiro atoms. The van der Waals surface area contributed by atoms with E-state index >= 15 is 0 Å². The van der Waals surface area contributed by atoms with Crippen molar-refractivity contribution in [1.29, 1.82) is 0 Å². The van der Waals surface area contributed by atoms with Gasteiger partial charge in [0.2, 0.25) is 0 Å². The second-order valence-electron chi connectivity index (χ2n) is 9.90. The normalized spacial score (nSPS) is 34.5. The summed E-state index contributed by atoms with van der Waals surface area (Å²) in [4.78, 5) is 0. The Morgan fingerprint density at radius 3 is 1.96 bits per heavy atom. The number of ether oxygens (including phenoxy) is 1. The molecule has 1 atom stereocenters. The van der Waals surface area contributed by atoms with Gasteiger partial charge in [0.1, 0.15) is 5.75 Å². The average Bonchev–Trinajstić information content (AvgIpc) is 2.82. The zero-order valence-electron chi connectivity index (χ0n) is 17.5. The first-order valence-corrected chi connectivity index (χ1v) is 10.3. The number of methoxy groups -OCH3 is 1. The smallest absolute Gasteiger partial charge is 0.465 e. The van der Waals surface area contributed by atoms with Crippen LogP contribution >= 0.6 is 0 Å². The SMILES string of the molecule is COc1ccc([C@@H]2C3(B4OC(C)(C)C(C)(C)O4)CC2(c2ccccc2)C3)cc1. The molecule has 3 nitrogen and oxygen atoms in total. The van der Waals surface area contributed by atoms with Crippen molar-refractivity contribution in [3.8, 4) is 5.75 Å². The molecule has 146 valence electrons. The van der Waals surface area contributed by atoms with Gasteiger partial charge in [-0.3, -0.25) is 0 Å². The lowest BCUT2D eigenvalue weighted by atomic mass is 9.17. The molecule has 1 saturated heterocycles. The van der Waals surface area contributed by atoms with Gasteiger partial charge in [-0.15, -0.1) is 0 Å². The summed E-state index contributed by atoms with van der Waals surface area (Å²) in [5.41, 5.74) is 2.40. The maximum atomic E-state index is 6.54. The van der Waals surface area contributed by atoms with Crippen LogP contribution in [0.4, 0.5) is 0 Å². The fourth-order valence-electron chi connectivity index (χ4n) is 5.79. The largest absolute Gasteiger partial charge is 0.497 e. The molecule has 0 radical (unpaired) electrons. The van der Waals surface area contributed by atoms with Crippen molar-refractivity contribution in [1.82, 2.24) is 0 Å². The Bertz CT molecular complexity index is 866. The second-order valence-corrected chi connectivity index (χ2v) is 9.90. The summed E-state index contributed by atoms with van der Waals surface area (Å²) in [5.74, 6) is 1.30. The van der Waals surface area contributed by atoms with Crippen LogP contribution in [0.3, 0.4) is 0 Å². The molecule has 0 unspecified atom stereocenters. The summed E-state index contributed by atoms with van der Waals surface area (Å²) >= 11 is 0. The van der Waals surface area contributed by atoms with Crippen LogP contribution in [0, 0.1) is 0 Å². The van der Waals surface area contributed by atoms with E-state index in [4.69, 9.17) is 14.0 Å². The first-order chi connectivity index (χ1) is 13.2. The van der Waals surface area contributed by atoms with Gasteiger partial charge in [0.25, 0.3) is 0 Å². The molecule has 1 aliphatic heterocycles. The van der Waals surface area contributed by atoms with Gasteiger partial charge in [0.15, 0.2) is 0 Å². The highest BCUT2D eigenvalue weighted by Gasteiger charge is 2.82. The van der Waals surface area contributed by atoms with E-state index in [0.717, 1.165) is 18.6 Å². The van der Waals surface area contributed by atoms with Crippen molar-refractivity contribution in [2.75, 3.05) is 7.11 Å². The van der Waals surface area contributed by atoms with Crippen LogP contribution in [0.1, 0.15) is 57.6 Å². The minimum atomic E-state index is -0.294. The molecule has 2 aromatic rings. The molecule has 4 heteroatoms. The molecule has 0 N–H and O–H groups in total. The van der Waals surface area contributed by atoms with E-state index in [0.29, 0.717) is 5.92 Å². The lowest BCUT2D eigenvalue weighted by Crippen LogP contribution is -2.72. The number of benzene rings is 2. The van der Waals surface area contributed by atoms with Gasteiger partial charge in [-0.2, -0.15) is 0 Å². The van der Waals surface area contributed by atoms with Gasteiger partial charge < -0.3 is 14.0 Å². The van der Waals surface area contributed by atoms with Gasteiger partial charge >= 0.3 is 7.12 Å². The minimum absolute atomic E-state index is 0.0511. The summed E-state index contributed by atoms with van der Waals surface area (Å²) in [6.45, 7) is 8.59. The third kappa shape index (κ3) is 2.19. The highest BCUT2D eigenvalue weighted by molar-refractivity contribution is 6.51. The van der Waals surface area contributed by atoms with Crippen molar-refractivity contribution in [3.63, 3.8) is 0 Å². The molecular formula is C24H29BO3. The molecule has 6 rings (SSSR count). The minimum Gasteiger partial charge on any atom is -0.497 e. The molecular weight excluding hydrogens is 347 g/mol. The molecule has 4 fully saturated rings. The fraction of sp³-hybridized carbons (Fsp3) is 0.500. The molecule has 2 aromatic carbocycles. The highest BCUT2D eigenvalue weighted by Crippen LogP contribution is 2.87. The van der Waals surface area contributed by atoms with Crippen LogP contribution in [-0.2, 0) is 14.7 Å². The number of rotatable bonds is 4. The van der Waals surface area contributed by atoms with Crippen molar-refractivity contribution in [3.05, 3.63) is 65.7 Å².